The Balaban J connectivity index is 1.15. The lowest BCUT2D eigenvalue weighted by atomic mass is 10.2. The number of hydrogen-bond acceptors (Lipinski definition) is 15. The van der Waals surface area contributed by atoms with Crippen LogP contribution >= 0.6 is 0 Å². The Morgan fingerprint density at radius 1 is 0.421 bits per heavy atom. The van der Waals surface area contributed by atoms with Gasteiger partial charge in [-0.25, -0.2) is 4.79 Å². The fourth-order valence-electron chi connectivity index (χ4n) is 4.59. The van der Waals surface area contributed by atoms with Gasteiger partial charge in [0.1, 0.15) is 6.61 Å². The van der Waals surface area contributed by atoms with E-state index in [0.29, 0.717) is 164 Å². The second-order valence-corrected chi connectivity index (χ2v) is 12.3. The molecule has 0 radical (unpaired) electrons. The molecular weight excluding hydrogens is 742 g/mol. The highest BCUT2D eigenvalue weighted by atomic mass is 16.6. The Bertz CT molecular complexity index is 1130. The van der Waals surface area contributed by atoms with E-state index in [2.05, 4.69) is 12.2 Å². The van der Waals surface area contributed by atoms with Crippen molar-refractivity contribution in [3.8, 4) is 0 Å². The minimum absolute atomic E-state index is 0.188. The van der Waals surface area contributed by atoms with Crippen molar-refractivity contribution in [1.82, 2.24) is 0 Å². The molecule has 57 heavy (non-hydrogen) atoms. The molecule has 0 spiro atoms. The van der Waals surface area contributed by atoms with Crippen molar-refractivity contribution in [3.05, 3.63) is 65.7 Å². The zero-order chi connectivity index (χ0) is 40.4. The largest absolute Gasteiger partial charge is 0.460 e. The summed E-state index contributed by atoms with van der Waals surface area (Å²) in [5, 5.41) is 3.32. The molecule has 15 nitrogen and oxygen atoms in total. The van der Waals surface area contributed by atoms with Crippen LogP contribution in [-0.2, 0) is 68.2 Å². The molecule has 0 atom stereocenters. The van der Waals surface area contributed by atoms with Crippen LogP contribution in [-0.4, -0.2) is 171 Å². The predicted octanol–water partition coefficient (Wildman–Crippen LogP) is 4.45. The van der Waals surface area contributed by atoms with Crippen LogP contribution in [0.2, 0.25) is 0 Å². The van der Waals surface area contributed by atoms with Crippen LogP contribution < -0.4 is 5.32 Å². The summed E-state index contributed by atoms with van der Waals surface area (Å²) in [6.07, 6.45) is 2.24. The van der Waals surface area contributed by atoms with Crippen LogP contribution in [0.3, 0.4) is 0 Å². The van der Waals surface area contributed by atoms with Crippen LogP contribution in [0.1, 0.15) is 35.7 Å². The summed E-state index contributed by atoms with van der Waals surface area (Å²) in [6.45, 7) is 15.0. The number of unbranched alkanes of at least 4 members (excludes halogenated alkanes) is 1. The van der Waals surface area contributed by atoms with Gasteiger partial charge in [0.2, 0.25) is 0 Å². The first-order valence-corrected chi connectivity index (χ1v) is 20.3. The summed E-state index contributed by atoms with van der Waals surface area (Å²) in [5.41, 5.74) is 2.67. The van der Waals surface area contributed by atoms with E-state index in [1.54, 1.807) is 12.1 Å². The summed E-state index contributed by atoms with van der Waals surface area (Å²) in [7, 11) is 0. The van der Waals surface area contributed by atoms with E-state index < -0.39 is 0 Å². The van der Waals surface area contributed by atoms with Crippen molar-refractivity contribution in [2.24, 2.45) is 0 Å². The van der Waals surface area contributed by atoms with Gasteiger partial charge < -0.3 is 66.9 Å². The van der Waals surface area contributed by atoms with E-state index in [1.807, 2.05) is 42.5 Å². The summed E-state index contributed by atoms with van der Waals surface area (Å²) in [5.74, 6) is -0.363. The highest BCUT2D eigenvalue weighted by Crippen LogP contribution is 2.11. The number of hydrogen-bond donors (Lipinski definition) is 1. The van der Waals surface area contributed by atoms with Crippen molar-refractivity contribution in [1.29, 1.82) is 0 Å². The molecule has 0 aromatic heterocycles. The lowest BCUT2D eigenvalue weighted by Crippen LogP contribution is -2.16. The van der Waals surface area contributed by atoms with Gasteiger partial charge in [-0.1, -0.05) is 43.7 Å². The Kier molecular flexibility index (Phi) is 35.4. The molecular formula is C42H69NO14. The van der Waals surface area contributed by atoms with Gasteiger partial charge in [0, 0.05) is 12.2 Å². The van der Waals surface area contributed by atoms with Crippen LogP contribution in [0, 0.1) is 0 Å². The molecule has 0 heterocycles. The average Bonchev–Trinajstić information content (AvgIpc) is 3.24. The molecule has 0 amide bonds. The van der Waals surface area contributed by atoms with Gasteiger partial charge in [-0.3, -0.25) is 0 Å². The van der Waals surface area contributed by atoms with E-state index in [0.717, 1.165) is 30.6 Å². The minimum Gasteiger partial charge on any atom is -0.460 e. The molecule has 2 aromatic carbocycles. The number of esters is 1. The van der Waals surface area contributed by atoms with Gasteiger partial charge in [0.05, 0.1) is 164 Å². The van der Waals surface area contributed by atoms with E-state index in [9.17, 15) is 4.79 Å². The van der Waals surface area contributed by atoms with E-state index in [4.69, 9.17) is 61.6 Å². The number of carbonyl (C=O) groups is 1. The van der Waals surface area contributed by atoms with Gasteiger partial charge in [0.15, 0.2) is 0 Å². The Hall–Kier alpha value is -2.77. The van der Waals surface area contributed by atoms with Gasteiger partial charge >= 0.3 is 5.97 Å². The number of nitrogens with one attached hydrogen (secondary N) is 1. The maximum absolute atomic E-state index is 12.1. The van der Waals surface area contributed by atoms with Crippen molar-refractivity contribution < 1.29 is 66.4 Å². The zero-order valence-corrected chi connectivity index (χ0v) is 34.2. The van der Waals surface area contributed by atoms with Crippen molar-refractivity contribution >= 4 is 11.7 Å². The zero-order valence-electron chi connectivity index (χ0n) is 34.2. The monoisotopic (exact) mass is 811 g/mol. The molecule has 0 aliphatic rings. The van der Waals surface area contributed by atoms with Crippen LogP contribution in [0.15, 0.2) is 54.6 Å². The number of carbonyl (C=O) groups excluding carboxylic acids is 1. The maximum Gasteiger partial charge on any atom is 0.338 e. The topological polar surface area (TPSA) is 149 Å². The summed E-state index contributed by atoms with van der Waals surface area (Å²) in [6, 6.07) is 17.4. The van der Waals surface area contributed by atoms with Gasteiger partial charge in [-0.05, 0) is 36.2 Å². The van der Waals surface area contributed by atoms with Crippen molar-refractivity contribution in [2.75, 3.05) is 170 Å². The van der Waals surface area contributed by atoms with Gasteiger partial charge in [-0.2, -0.15) is 0 Å². The smallest absolute Gasteiger partial charge is 0.338 e. The maximum atomic E-state index is 12.1. The molecule has 0 aliphatic carbocycles. The highest BCUT2D eigenvalue weighted by Gasteiger charge is 2.07. The molecule has 326 valence electrons. The lowest BCUT2D eigenvalue weighted by molar-refractivity contribution is -0.0289. The molecule has 2 rings (SSSR count). The third-order valence-electron chi connectivity index (χ3n) is 7.64. The Morgan fingerprint density at radius 2 is 0.754 bits per heavy atom. The number of benzene rings is 2. The molecule has 1 N–H and O–H groups in total. The molecule has 2 aromatic rings. The summed E-state index contributed by atoms with van der Waals surface area (Å²) < 4.78 is 71.3. The minimum atomic E-state index is -0.363. The standard InChI is InChI=1S/C42H69NO14/c1-2-3-13-43-41-11-9-40(10-12-41)42(44)57-37-36-55-33-32-53-29-28-51-25-24-49-21-20-47-17-16-45-14-15-46-18-19-48-22-23-50-26-27-52-30-31-54-34-35-56-38-39-7-5-4-6-8-39/h4-12,43H,2-3,13-38H2,1H3. The van der Waals surface area contributed by atoms with Crippen LogP contribution in [0.25, 0.3) is 0 Å². The predicted molar refractivity (Wildman–Crippen MR) is 215 cm³/mol. The van der Waals surface area contributed by atoms with Crippen molar-refractivity contribution in [3.63, 3.8) is 0 Å². The summed E-state index contributed by atoms with van der Waals surface area (Å²) >= 11 is 0. The Labute approximate surface area is 340 Å². The third-order valence-corrected chi connectivity index (χ3v) is 7.64. The first-order valence-electron chi connectivity index (χ1n) is 20.3. The van der Waals surface area contributed by atoms with Gasteiger partial charge in [-0.15, -0.1) is 0 Å². The normalized spacial score (nSPS) is 11.3. The van der Waals surface area contributed by atoms with E-state index in [-0.39, 0.29) is 12.6 Å². The van der Waals surface area contributed by atoms with Crippen LogP contribution in [0.5, 0.6) is 0 Å². The first-order chi connectivity index (χ1) is 28.3. The number of rotatable bonds is 43. The molecule has 15 heteroatoms. The number of ether oxygens (including phenoxy) is 13. The first kappa shape index (κ1) is 50.4. The molecule has 0 saturated carbocycles. The molecule has 0 aliphatic heterocycles. The second-order valence-electron chi connectivity index (χ2n) is 12.3. The fourth-order valence-corrected chi connectivity index (χ4v) is 4.59. The molecule has 0 unspecified atom stereocenters. The van der Waals surface area contributed by atoms with E-state index in [1.165, 1.54) is 0 Å². The van der Waals surface area contributed by atoms with E-state index >= 15 is 0 Å². The van der Waals surface area contributed by atoms with Gasteiger partial charge in [0.25, 0.3) is 0 Å². The average molecular weight is 812 g/mol. The highest BCUT2D eigenvalue weighted by molar-refractivity contribution is 5.89. The third kappa shape index (κ3) is 32.8. The van der Waals surface area contributed by atoms with Crippen LogP contribution in [0.4, 0.5) is 5.69 Å². The quantitative estimate of drug-likeness (QED) is 0.0742. The fraction of sp³-hybridized carbons (Fsp3) is 0.690. The summed E-state index contributed by atoms with van der Waals surface area (Å²) in [4.78, 5) is 12.1. The number of anilines is 1. The SMILES string of the molecule is CCCCNc1ccc(C(=O)OCCOCCOCCOCCOCCOCCOCCOCCOCCOCCOCCOCCOCc2ccccc2)cc1. The van der Waals surface area contributed by atoms with Crippen molar-refractivity contribution in [2.45, 2.75) is 26.4 Å². The second kappa shape index (κ2) is 40.0. The lowest BCUT2D eigenvalue weighted by Gasteiger charge is -2.09. The Morgan fingerprint density at radius 3 is 1.11 bits per heavy atom. The molecule has 0 fully saturated rings. The molecule has 0 bridgehead atoms. The molecule has 0 saturated heterocycles.